The van der Waals surface area contributed by atoms with Gasteiger partial charge in [0.05, 0.1) is 22.8 Å². The fourth-order valence-corrected chi connectivity index (χ4v) is 4.16. The van der Waals surface area contributed by atoms with Crippen molar-refractivity contribution >= 4 is 15.7 Å². The molecule has 1 N–H and O–H groups in total. The average Bonchev–Trinajstić information content (AvgIpc) is 2.87. The second-order valence-corrected chi connectivity index (χ2v) is 7.60. The third-order valence-corrected chi connectivity index (χ3v) is 5.43. The van der Waals surface area contributed by atoms with Gasteiger partial charge in [0, 0.05) is 17.8 Å². The smallest absolute Gasteiger partial charge is 0.253 e. The van der Waals surface area contributed by atoms with Crippen molar-refractivity contribution in [3.05, 3.63) is 54.2 Å². The van der Waals surface area contributed by atoms with Crippen LogP contribution in [-0.4, -0.2) is 36.9 Å². The van der Waals surface area contributed by atoms with Crippen LogP contribution in [0, 0.1) is 0 Å². The van der Waals surface area contributed by atoms with Gasteiger partial charge in [-0.25, -0.2) is 8.42 Å². The van der Waals surface area contributed by atoms with Crippen LogP contribution in [0.4, 0.5) is 0 Å². The van der Waals surface area contributed by atoms with Gasteiger partial charge in [0.25, 0.3) is 5.91 Å². The minimum Gasteiger partial charge on any atom is -0.348 e. The number of rotatable bonds is 3. The molecule has 1 aliphatic rings. The van der Waals surface area contributed by atoms with Crippen LogP contribution in [0.2, 0.25) is 0 Å². The van der Waals surface area contributed by atoms with Crippen LogP contribution in [0.15, 0.2) is 48.7 Å². The molecule has 0 spiro atoms. The Hall–Kier alpha value is -2.21. The van der Waals surface area contributed by atoms with Crippen molar-refractivity contribution < 1.29 is 13.2 Å². The number of nitrogens with one attached hydrogen (secondary N) is 1. The van der Waals surface area contributed by atoms with Crippen molar-refractivity contribution in [2.75, 3.05) is 11.5 Å². The Morgan fingerprint density at radius 1 is 1.14 bits per heavy atom. The largest absolute Gasteiger partial charge is 0.348 e. The fraction of sp³-hybridized carbons (Fsp3) is 0.250. The Labute approximate surface area is 129 Å². The summed E-state index contributed by atoms with van der Waals surface area (Å²) in [4.78, 5) is 16.4. The van der Waals surface area contributed by atoms with E-state index in [0.29, 0.717) is 12.0 Å². The lowest BCUT2D eigenvalue weighted by Crippen LogP contribution is -2.35. The van der Waals surface area contributed by atoms with E-state index in [1.54, 1.807) is 12.1 Å². The number of hydrogen-bond acceptors (Lipinski definition) is 4. The summed E-state index contributed by atoms with van der Waals surface area (Å²) in [6.07, 6.45) is 1.99. The van der Waals surface area contributed by atoms with Gasteiger partial charge in [-0.1, -0.05) is 30.3 Å². The molecule has 1 amide bonds. The van der Waals surface area contributed by atoms with Crippen LogP contribution in [0.5, 0.6) is 0 Å². The molecule has 2 aromatic rings. The Morgan fingerprint density at radius 2 is 1.91 bits per heavy atom. The molecule has 3 rings (SSSR count). The van der Waals surface area contributed by atoms with Gasteiger partial charge in [-0.2, -0.15) is 0 Å². The number of sulfone groups is 1. The summed E-state index contributed by atoms with van der Waals surface area (Å²) >= 11 is 0. The standard InChI is InChI=1S/C16H16N2O3S/c19-16(18-14-8-9-22(20,21)11-14)13-6-7-15(17-10-13)12-4-2-1-3-5-12/h1-7,10,14H,8-9,11H2,(H,18,19). The number of pyridine rings is 1. The normalized spacial score (nSPS) is 19.7. The van der Waals surface area contributed by atoms with E-state index in [1.807, 2.05) is 30.3 Å². The average molecular weight is 316 g/mol. The molecule has 1 aromatic carbocycles. The predicted molar refractivity (Wildman–Crippen MR) is 84.2 cm³/mol. The van der Waals surface area contributed by atoms with Crippen LogP contribution in [0.1, 0.15) is 16.8 Å². The Bertz CT molecular complexity index is 771. The monoisotopic (exact) mass is 316 g/mol. The second-order valence-electron chi connectivity index (χ2n) is 5.37. The molecule has 6 heteroatoms. The summed E-state index contributed by atoms with van der Waals surface area (Å²) in [7, 11) is -3.00. The SMILES string of the molecule is O=C(NC1CCS(=O)(=O)C1)c1ccc(-c2ccccc2)nc1. The van der Waals surface area contributed by atoms with Crippen molar-refractivity contribution in [2.45, 2.75) is 12.5 Å². The van der Waals surface area contributed by atoms with E-state index in [-0.39, 0.29) is 23.5 Å². The van der Waals surface area contributed by atoms with Gasteiger partial charge >= 0.3 is 0 Å². The number of nitrogens with zero attached hydrogens (tertiary/aromatic N) is 1. The van der Waals surface area contributed by atoms with Gasteiger partial charge in [0.15, 0.2) is 9.84 Å². The number of aromatic nitrogens is 1. The highest BCUT2D eigenvalue weighted by Gasteiger charge is 2.29. The third kappa shape index (κ3) is 3.33. The van der Waals surface area contributed by atoms with E-state index in [4.69, 9.17) is 0 Å². The first-order valence-electron chi connectivity index (χ1n) is 7.06. The zero-order chi connectivity index (χ0) is 15.6. The molecular formula is C16H16N2O3S. The highest BCUT2D eigenvalue weighted by Crippen LogP contribution is 2.17. The summed E-state index contributed by atoms with van der Waals surface area (Å²) in [5.41, 5.74) is 2.21. The second kappa shape index (κ2) is 5.88. The van der Waals surface area contributed by atoms with E-state index in [0.717, 1.165) is 11.3 Å². The number of benzene rings is 1. The van der Waals surface area contributed by atoms with Gasteiger partial charge in [0.1, 0.15) is 0 Å². The molecular weight excluding hydrogens is 300 g/mol. The molecule has 1 saturated heterocycles. The van der Waals surface area contributed by atoms with Gasteiger partial charge < -0.3 is 5.32 Å². The lowest BCUT2D eigenvalue weighted by Gasteiger charge is -2.10. The highest BCUT2D eigenvalue weighted by molar-refractivity contribution is 7.91. The number of amides is 1. The predicted octanol–water partition coefficient (Wildman–Crippen LogP) is 1.67. The molecule has 1 aromatic heterocycles. The molecule has 5 nitrogen and oxygen atoms in total. The maximum atomic E-state index is 12.1. The molecule has 114 valence electrons. The molecule has 0 aliphatic carbocycles. The van der Waals surface area contributed by atoms with Gasteiger partial charge in [-0.15, -0.1) is 0 Å². The van der Waals surface area contributed by atoms with Crippen molar-refractivity contribution in [1.82, 2.24) is 10.3 Å². The Morgan fingerprint density at radius 3 is 2.50 bits per heavy atom. The van der Waals surface area contributed by atoms with Crippen molar-refractivity contribution in [1.29, 1.82) is 0 Å². The quantitative estimate of drug-likeness (QED) is 0.934. The first-order chi connectivity index (χ1) is 10.5. The highest BCUT2D eigenvalue weighted by atomic mass is 32.2. The van der Waals surface area contributed by atoms with Crippen molar-refractivity contribution in [3.63, 3.8) is 0 Å². The zero-order valence-corrected chi connectivity index (χ0v) is 12.7. The topological polar surface area (TPSA) is 76.1 Å². The van der Waals surface area contributed by atoms with Crippen molar-refractivity contribution in [2.24, 2.45) is 0 Å². The first-order valence-corrected chi connectivity index (χ1v) is 8.88. The van der Waals surface area contributed by atoms with Gasteiger partial charge in [-0.05, 0) is 18.6 Å². The summed E-state index contributed by atoms with van der Waals surface area (Å²) in [5, 5.41) is 2.75. The fourth-order valence-electron chi connectivity index (χ4n) is 2.49. The number of hydrogen-bond donors (Lipinski definition) is 1. The van der Waals surface area contributed by atoms with E-state index in [9.17, 15) is 13.2 Å². The minimum absolute atomic E-state index is 0.0221. The number of carbonyl (C=O) groups is 1. The van der Waals surface area contributed by atoms with E-state index in [2.05, 4.69) is 10.3 Å². The molecule has 22 heavy (non-hydrogen) atoms. The molecule has 0 bridgehead atoms. The summed E-state index contributed by atoms with van der Waals surface area (Å²) < 4.78 is 22.8. The van der Waals surface area contributed by atoms with Crippen LogP contribution in [-0.2, 0) is 9.84 Å². The third-order valence-electron chi connectivity index (χ3n) is 3.66. The van der Waals surface area contributed by atoms with Gasteiger partial charge in [-0.3, -0.25) is 9.78 Å². The van der Waals surface area contributed by atoms with Crippen LogP contribution in [0.3, 0.4) is 0 Å². The summed E-state index contributed by atoms with van der Waals surface area (Å²) in [5.74, 6) is -0.119. The molecule has 1 aliphatic heterocycles. The Balaban J connectivity index is 1.69. The molecule has 2 heterocycles. The lowest BCUT2D eigenvalue weighted by atomic mass is 10.1. The van der Waals surface area contributed by atoms with E-state index < -0.39 is 9.84 Å². The zero-order valence-electron chi connectivity index (χ0n) is 11.9. The maximum absolute atomic E-state index is 12.1. The summed E-state index contributed by atoms with van der Waals surface area (Å²) in [6.45, 7) is 0. The summed E-state index contributed by atoms with van der Waals surface area (Å²) in [6, 6.07) is 12.9. The number of carbonyl (C=O) groups excluding carboxylic acids is 1. The Kier molecular flexibility index (Phi) is 3.94. The first kappa shape index (κ1) is 14.7. The molecule has 0 saturated carbocycles. The molecule has 0 radical (unpaired) electrons. The van der Waals surface area contributed by atoms with Crippen LogP contribution in [0.25, 0.3) is 11.3 Å². The van der Waals surface area contributed by atoms with E-state index in [1.165, 1.54) is 6.20 Å². The van der Waals surface area contributed by atoms with Crippen molar-refractivity contribution in [3.8, 4) is 11.3 Å². The van der Waals surface area contributed by atoms with Gasteiger partial charge in [0.2, 0.25) is 0 Å². The molecule has 1 atom stereocenters. The minimum atomic E-state index is -3.00. The van der Waals surface area contributed by atoms with Crippen LogP contribution < -0.4 is 5.32 Å². The molecule has 1 fully saturated rings. The molecule has 1 unspecified atom stereocenters. The van der Waals surface area contributed by atoms with Crippen LogP contribution >= 0.6 is 0 Å². The maximum Gasteiger partial charge on any atom is 0.253 e. The lowest BCUT2D eigenvalue weighted by molar-refractivity contribution is 0.0941. The van der Waals surface area contributed by atoms with E-state index >= 15 is 0 Å².